The number of benzene rings is 3. The molecular weight excluding hydrogens is 477 g/mol. The van der Waals surface area contributed by atoms with Gasteiger partial charge >= 0.3 is 0 Å². The van der Waals surface area contributed by atoms with Crippen molar-refractivity contribution >= 4 is 31.4 Å². The van der Waals surface area contributed by atoms with Gasteiger partial charge in [-0.2, -0.15) is 4.31 Å². The van der Waals surface area contributed by atoms with E-state index in [0.717, 1.165) is 17.8 Å². The van der Waals surface area contributed by atoms with Gasteiger partial charge in [-0.25, -0.2) is 21.2 Å². The fourth-order valence-corrected chi connectivity index (χ4v) is 6.09. The highest BCUT2D eigenvalue weighted by molar-refractivity contribution is 7.92. The fraction of sp³-hybridized carbons (Fsp3) is 0.250. The molecule has 0 spiro atoms. The molecule has 0 bridgehead atoms. The second-order valence-electron chi connectivity index (χ2n) is 7.95. The molecule has 0 aliphatic carbocycles. The van der Waals surface area contributed by atoms with Gasteiger partial charge in [-0.05, 0) is 66.6 Å². The van der Waals surface area contributed by atoms with E-state index >= 15 is 0 Å². The summed E-state index contributed by atoms with van der Waals surface area (Å²) < 4.78 is 69.4. The summed E-state index contributed by atoms with van der Waals surface area (Å²) in [6.07, 6.45) is 0.568. The van der Waals surface area contributed by atoms with Gasteiger partial charge in [0, 0.05) is 38.6 Å². The monoisotopic (exact) mass is 505 g/mol. The minimum atomic E-state index is -3.90. The number of halogens is 1. The standard InChI is InChI=1S/C24H28FN3O4S2/c1-4-16-28(34(31,32)23-13-10-20(25)11-14-23)18-19-17-21(12-15-24(19)27(2)3)26-33(29,30)22-8-6-5-7-9-22/h5-15,17,26H,4,16,18H2,1-3H3. The molecule has 0 saturated carbocycles. The molecule has 3 rings (SSSR count). The summed E-state index contributed by atoms with van der Waals surface area (Å²) in [5.74, 6) is -0.519. The van der Waals surface area contributed by atoms with E-state index in [1.54, 1.807) is 36.4 Å². The first kappa shape index (κ1) is 25.7. The van der Waals surface area contributed by atoms with Crippen molar-refractivity contribution in [3.05, 3.63) is 84.2 Å². The average Bonchev–Trinajstić information content (AvgIpc) is 2.79. The van der Waals surface area contributed by atoms with E-state index in [2.05, 4.69) is 4.72 Å². The Morgan fingerprint density at radius 1 is 0.853 bits per heavy atom. The largest absolute Gasteiger partial charge is 0.377 e. The van der Waals surface area contributed by atoms with Crippen molar-refractivity contribution in [2.45, 2.75) is 29.7 Å². The number of nitrogens with zero attached hydrogens (tertiary/aromatic N) is 2. The molecule has 0 fully saturated rings. The highest BCUT2D eigenvalue weighted by Crippen LogP contribution is 2.28. The predicted octanol–water partition coefficient (Wildman–Crippen LogP) is 4.29. The lowest BCUT2D eigenvalue weighted by molar-refractivity contribution is 0.406. The van der Waals surface area contributed by atoms with E-state index in [9.17, 15) is 21.2 Å². The summed E-state index contributed by atoms with van der Waals surface area (Å²) in [7, 11) is -4.06. The maximum atomic E-state index is 13.3. The summed E-state index contributed by atoms with van der Waals surface area (Å²) in [5.41, 5.74) is 1.69. The Labute approximate surface area is 200 Å². The number of anilines is 2. The van der Waals surface area contributed by atoms with Crippen molar-refractivity contribution in [3.8, 4) is 0 Å². The Morgan fingerprint density at radius 3 is 2.09 bits per heavy atom. The molecule has 0 aliphatic heterocycles. The van der Waals surface area contributed by atoms with Crippen LogP contribution >= 0.6 is 0 Å². The first-order valence-corrected chi connectivity index (χ1v) is 13.6. The van der Waals surface area contributed by atoms with Crippen LogP contribution in [0.1, 0.15) is 18.9 Å². The smallest absolute Gasteiger partial charge is 0.261 e. The van der Waals surface area contributed by atoms with Crippen LogP contribution in [0.15, 0.2) is 82.6 Å². The van der Waals surface area contributed by atoms with E-state index in [0.29, 0.717) is 17.7 Å². The first-order valence-electron chi connectivity index (χ1n) is 10.7. The lowest BCUT2D eigenvalue weighted by Crippen LogP contribution is -2.32. The van der Waals surface area contributed by atoms with Crippen LogP contribution in [0.5, 0.6) is 0 Å². The number of rotatable bonds is 10. The summed E-state index contributed by atoms with van der Waals surface area (Å²) in [4.78, 5) is 1.95. The van der Waals surface area contributed by atoms with Gasteiger partial charge in [0.25, 0.3) is 10.0 Å². The van der Waals surface area contributed by atoms with E-state index in [1.807, 2.05) is 25.9 Å². The van der Waals surface area contributed by atoms with Gasteiger partial charge in [0.2, 0.25) is 10.0 Å². The van der Waals surface area contributed by atoms with E-state index in [-0.39, 0.29) is 22.9 Å². The van der Waals surface area contributed by atoms with Gasteiger partial charge in [0.1, 0.15) is 5.82 Å². The predicted molar refractivity (Wildman–Crippen MR) is 132 cm³/mol. The molecule has 1 N–H and O–H groups in total. The summed E-state index contributed by atoms with van der Waals surface area (Å²) in [5, 5.41) is 0. The first-order chi connectivity index (χ1) is 16.0. The molecular formula is C24H28FN3O4S2. The maximum Gasteiger partial charge on any atom is 0.261 e. The number of nitrogens with one attached hydrogen (secondary N) is 1. The Kier molecular flexibility index (Phi) is 7.96. The molecule has 0 heterocycles. The molecule has 0 unspecified atom stereocenters. The molecule has 0 radical (unpaired) electrons. The van der Waals surface area contributed by atoms with Crippen molar-refractivity contribution in [1.82, 2.24) is 4.31 Å². The zero-order valence-corrected chi connectivity index (χ0v) is 20.9. The third kappa shape index (κ3) is 5.94. The van der Waals surface area contributed by atoms with Crippen LogP contribution in [0.4, 0.5) is 15.8 Å². The number of hydrogen-bond acceptors (Lipinski definition) is 5. The molecule has 0 amide bonds. The molecule has 34 heavy (non-hydrogen) atoms. The summed E-state index contributed by atoms with van der Waals surface area (Å²) in [6, 6.07) is 17.7. The zero-order chi connectivity index (χ0) is 24.9. The molecule has 7 nitrogen and oxygen atoms in total. The van der Waals surface area contributed by atoms with Gasteiger partial charge in [-0.1, -0.05) is 25.1 Å². The molecule has 3 aromatic rings. The zero-order valence-electron chi connectivity index (χ0n) is 19.3. The summed E-state index contributed by atoms with van der Waals surface area (Å²) in [6.45, 7) is 2.12. The van der Waals surface area contributed by atoms with Crippen molar-refractivity contribution in [1.29, 1.82) is 0 Å². The second kappa shape index (κ2) is 10.5. The highest BCUT2D eigenvalue weighted by atomic mass is 32.2. The van der Waals surface area contributed by atoms with Crippen LogP contribution in [-0.4, -0.2) is 41.8 Å². The lowest BCUT2D eigenvalue weighted by atomic mass is 10.1. The van der Waals surface area contributed by atoms with Crippen LogP contribution < -0.4 is 9.62 Å². The van der Waals surface area contributed by atoms with E-state index < -0.39 is 25.9 Å². The van der Waals surface area contributed by atoms with Crippen molar-refractivity contribution in [2.24, 2.45) is 0 Å². The molecule has 182 valence electrons. The topological polar surface area (TPSA) is 86.8 Å². The van der Waals surface area contributed by atoms with Crippen LogP contribution in [0.2, 0.25) is 0 Å². The minimum Gasteiger partial charge on any atom is -0.377 e. The van der Waals surface area contributed by atoms with Crippen molar-refractivity contribution in [3.63, 3.8) is 0 Å². The normalized spacial score (nSPS) is 12.0. The molecule has 3 aromatic carbocycles. The van der Waals surface area contributed by atoms with Crippen LogP contribution in [-0.2, 0) is 26.6 Å². The fourth-order valence-electron chi connectivity index (χ4n) is 3.50. The quantitative estimate of drug-likeness (QED) is 0.444. The van der Waals surface area contributed by atoms with Crippen LogP contribution in [0, 0.1) is 5.82 Å². The van der Waals surface area contributed by atoms with Gasteiger partial charge in [0.15, 0.2) is 0 Å². The Balaban J connectivity index is 1.98. The van der Waals surface area contributed by atoms with Crippen molar-refractivity contribution < 1.29 is 21.2 Å². The molecule has 0 aliphatic rings. The third-order valence-corrected chi connectivity index (χ3v) is 8.39. The number of hydrogen-bond donors (Lipinski definition) is 1. The Morgan fingerprint density at radius 2 is 1.50 bits per heavy atom. The minimum absolute atomic E-state index is 0.00492. The molecule has 0 saturated heterocycles. The second-order valence-corrected chi connectivity index (χ2v) is 11.6. The molecule has 0 aromatic heterocycles. The van der Waals surface area contributed by atoms with Gasteiger partial charge in [-0.3, -0.25) is 4.72 Å². The van der Waals surface area contributed by atoms with Gasteiger partial charge in [-0.15, -0.1) is 0 Å². The lowest BCUT2D eigenvalue weighted by Gasteiger charge is -2.25. The summed E-state index contributed by atoms with van der Waals surface area (Å²) >= 11 is 0. The highest BCUT2D eigenvalue weighted by Gasteiger charge is 2.25. The van der Waals surface area contributed by atoms with Gasteiger partial charge < -0.3 is 4.90 Å². The average molecular weight is 506 g/mol. The Hall–Kier alpha value is -2.95. The van der Waals surface area contributed by atoms with Crippen LogP contribution in [0.25, 0.3) is 0 Å². The van der Waals surface area contributed by atoms with Crippen molar-refractivity contribution in [2.75, 3.05) is 30.3 Å². The SMILES string of the molecule is CCCN(Cc1cc(NS(=O)(=O)c2ccccc2)ccc1N(C)C)S(=O)(=O)c1ccc(F)cc1. The molecule has 10 heteroatoms. The van der Waals surface area contributed by atoms with E-state index in [1.165, 1.54) is 28.6 Å². The Bertz CT molecular complexity index is 1330. The third-order valence-electron chi connectivity index (χ3n) is 5.14. The number of sulfonamides is 2. The molecule has 0 atom stereocenters. The van der Waals surface area contributed by atoms with Gasteiger partial charge in [0.05, 0.1) is 9.79 Å². The van der Waals surface area contributed by atoms with E-state index in [4.69, 9.17) is 0 Å². The maximum absolute atomic E-state index is 13.3. The van der Waals surface area contributed by atoms with Crippen LogP contribution in [0.3, 0.4) is 0 Å².